The molecule has 1 saturated heterocycles. The lowest BCUT2D eigenvalue weighted by Gasteiger charge is -2.32. The fraction of sp³-hybridized carbons (Fsp3) is 1.00. The molecule has 2 rings (SSSR count). The van der Waals surface area contributed by atoms with Gasteiger partial charge in [0.05, 0.1) is 11.5 Å². The Kier molecular flexibility index (Phi) is 3.90. The first kappa shape index (κ1) is 12.4. The monoisotopic (exact) mass is 246 g/mol. The van der Waals surface area contributed by atoms with Crippen molar-refractivity contribution in [3.05, 3.63) is 0 Å². The topological polar surface area (TPSA) is 54.4 Å². The molecule has 2 atom stereocenters. The molecule has 0 amide bonds. The predicted octanol–water partition coefficient (Wildman–Crippen LogP) is 1.61. The van der Waals surface area contributed by atoms with Gasteiger partial charge in [-0.05, 0) is 24.2 Å². The minimum absolute atomic E-state index is 0.171. The molecular weight excluding hydrogens is 224 g/mol. The van der Waals surface area contributed by atoms with Crippen LogP contribution in [0, 0.1) is 17.8 Å². The van der Waals surface area contributed by atoms with Crippen LogP contribution in [-0.2, 0) is 9.84 Å². The van der Waals surface area contributed by atoms with E-state index in [4.69, 9.17) is 0 Å². The molecule has 0 bridgehead atoms. The number of rotatable bonds is 3. The minimum atomic E-state index is -2.80. The second-order valence-electron chi connectivity index (χ2n) is 5.41. The maximum Gasteiger partial charge on any atom is 0.150 e. The Morgan fingerprint density at radius 3 is 2.25 bits per heavy atom. The van der Waals surface area contributed by atoms with Gasteiger partial charge in [-0.2, -0.15) is 0 Å². The van der Waals surface area contributed by atoms with Gasteiger partial charge in [0.2, 0.25) is 0 Å². The first-order valence-corrected chi connectivity index (χ1v) is 8.26. The van der Waals surface area contributed by atoms with Crippen LogP contribution >= 0.6 is 0 Å². The fourth-order valence-corrected chi connectivity index (χ4v) is 5.30. The van der Waals surface area contributed by atoms with E-state index in [1.165, 1.54) is 32.1 Å². The van der Waals surface area contributed by atoms with Crippen molar-refractivity contribution < 1.29 is 13.5 Å². The number of aliphatic hydroxyl groups excluding tert-OH is 1. The lowest BCUT2D eigenvalue weighted by Crippen LogP contribution is -2.29. The number of hydrogen-bond donors (Lipinski definition) is 1. The summed E-state index contributed by atoms with van der Waals surface area (Å²) in [5, 5.41) is 9.51. The Morgan fingerprint density at radius 2 is 1.75 bits per heavy atom. The highest BCUT2D eigenvalue weighted by Crippen LogP contribution is 2.37. The summed E-state index contributed by atoms with van der Waals surface area (Å²) in [5.41, 5.74) is 0. The van der Waals surface area contributed by atoms with Crippen molar-refractivity contribution in [1.82, 2.24) is 0 Å². The smallest absolute Gasteiger partial charge is 0.150 e. The van der Waals surface area contributed by atoms with E-state index < -0.39 is 9.84 Å². The van der Waals surface area contributed by atoms with Crippen molar-refractivity contribution >= 4 is 9.84 Å². The average Bonchev–Trinajstić information content (AvgIpc) is 2.62. The van der Waals surface area contributed by atoms with Crippen LogP contribution in [0.1, 0.15) is 38.5 Å². The van der Waals surface area contributed by atoms with Crippen LogP contribution in [0.5, 0.6) is 0 Å². The SMILES string of the molecule is O=S1(=O)CCC(C(CO)C2CCCCC2)C1. The molecule has 3 nitrogen and oxygen atoms in total. The Balaban J connectivity index is 1.99. The highest BCUT2D eigenvalue weighted by molar-refractivity contribution is 7.91. The van der Waals surface area contributed by atoms with Crippen molar-refractivity contribution in [3.8, 4) is 0 Å². The van der Waals surface area contributed by atoms with Crippen molar-refractivity contribution in [2.75, 3.05) is 18.1 Å². The molecule has 1 heterocycles. The van der Waals surface area contributed by atoms with Gasteiger partial charge in [0.1, 0.15) is 0 Å². The van der Waals surface area contributed by atoms with Crippen molar-refractivity contribution in [2.24, 2.45) is 17.8 Å². The third-order valence-corrected chi connectivity index (χ3v) is 6.13. The molecular formula is C12H22O3S. The number of hydrogen-bond acceptors (Lipinski definition) is 3. The van der Waals surface area contributed by atoms with E-state index in [0.717, 1.165) is 6.42 Å². The summed E-state index contributed by atoms with van der Waals surface area (Å²) in [4.78, 5) is 0. The normalized spacial score (nSPS) is 32.7. The van der Waals surface area contributed by atoms with Crippen LogP contribution in [-0.4, -0.2) is 31.6 Å². The molecule has 4 heteroatoms. The van der Waals surface area contributed by atoms with Gasteiger partial charge in [0.25, 0.3) is 0 Å². The predicted molar refractivity (Wildman–Crippen MR) is 63.9 cm³/mol. The molecule has 2 aliphatic rings. The molecule has 1 aliphatic carbocycles. The maximum absolute atomic E-state index is 11.5. The summed E-state index contributed by atoms with van der Waals surface area (Å²) in [6.45, 7) is 0.171. The summed E-state index contributed by atoms with van der Waals surface area (Å²) in [6, 6.07) is 0. The summed E-state index contributed by atoms with van der Waals surface area (Å²) in [6.07, 6.45) is 6.94. The van der Waals surface area contributed by atoms with Crippen molar-refractivity contribution in [3.63, 3.8) is 0 Å². The second-order valence-corrected chi connectivity index (χ2v) is 7.64. The zero-order chi connectivity index (χ0) is 11.6. The fourth-order valence-electron chi connectivity index (χ4n) is 3.41. The molecule has 0 radical (unpaired) electrons. The van der Waals surface area contributed by atoms with Gasteiger partial charge in [-0.1, -0.05) is 32.1 Å². The molecule has 94 valence electrons. The van der Waals surface area contributed by atoms with E-state index in [9.17, 15) is 13.5 Å². The number of sulfone groups is 1. The molecule has 2 fully saturated rings. The molecule has 16 heavy (non-hydrogen) atoms. The van der Waals surface area contributed by atoms with E-state index in [-0.39, 0.29) is 18.4 Å². The van der Waals surface area contributed by atoms with Crippen LogP contribution in [0.4, 0.5) is 0 Å². The Labute approximate surface area is 98.2 Å². The van der Waals surface area contributed by atoms with Gasteiger partial charge in [0.15, 0.2) is 9.84 Å². The van der Waals surface area contributed by atoms with Crippen LogP contribution in [0.25, 0.3) is 0 Å². The molecule has 0 spiro atoms. The van der Waals surface area contributed by atoms with E-state index in [1.54, 1.807) is 0 Å². The summed E-state index contributed by atoms with van der Waals surface area (Å²) < 4.78 is 22.9. The molecule has 0 aromatic heterocycles. The van der Waals surface area contributed by atoms with Gasteiger partial charge < -0.3 is 5.11 Å². The van der Waals surface area contributed by atoms with Crippen molar-refractivity contribution in [1.29, 1.82) is 0 Å². The third-order valence-electron chi connectivity index (χ3n) is 4.34. The minimum Gasteiger partial charge on any atom is -0.396 e. The molecule has 1 saturated carbocycles. The summed E-state index contributed by atoms with van der Waals surface area (Å²) in [5.74, 6) is 1.67. The van der Waals surface area contributed by atoms with Crippen LogP contribution in [0.2, 0.25) is 0 Å². The van der Waals surface area contributed by atoms with Crippen molar-refractivity contribution in [2.45, 2.75) is 38.5 Å². The van der Waals surface area contributed by atoms with Crippen LogP contribution < -0.4 is 0 Å². The van der Waals surface area contributed by atoms with E-state index in [0.29, 0.717) is 17.4 Å². The highest BCUT2D eigenvalue weighted by Gasteiger charge is 2.37. The number of aliphatic hydroxyl groups is 1. The Hall–Kier alpha value is -0.0900. The van der Waals surface area contributed by atoms with E-state index in [1.807, 2.05) is 0 Å². The second kappa shape index (κ2) is 5.05. The zero-order valence-electron chi connectivity index (χ0n) is 9.77. The van der Waals surface area contributed by atoms with Gasteiger partial charge in [-0.15, -0.1) is 0 Å². The average molecular weight is 246 g/mol. The van der Waals surface area contributed by atoms with Gasteiger partial charge in [-0.25, -0.2) is 8.42 Å². The third kappa shape index (κ3) is 2.77. The van der Waals surface area contributed by atoms with Crippen LogP contribution in [0.15, 0.2) is 0 Å². The lowest BCUT2D eigenvalue weighted by molar-refractivity contribution is 0.107. The largest absolute Gasteiger partial charge is 0.396 e. The van der Waals surface area contributed by atoms with E-state index >= 15 is 0 Å². The summed E-state index contributed by atoms with van der Waals surface area (Å²) >= 11 is 0. The quantitative estimate of drug-likeness (QED) is 0.823. The molecule has 2 unspecified atom stereocenters. The molecule has 0 aromatic rings. The van der Waals surface area contributed by atoms with E-state index in [2.05, 4.69) is 0 Å². The van der Waals surface area contributed by atoms with Gasteiger partial charge in [-0.3, -0.25) is 0 Å². The standard InChI is InChI=1S/C12H22O3S/c13-8-12(10-4-2-1-3-5-10)11-6-7-16(14,15)9-11/h10-13H,1-9H2. The van der Waals surface area contributed by atoms with Crippen LogP contribution in [0.3, 0.4) is 0 Å². The Morgan fingerprint density at radius 1 is 1.06 bits per heavy atom. The Bertz CT molecular complexity index is 317. The zero-order valence-corrected chi connectivity index (χ0v) is 10.6. The summed E-state index contributed by atoms with van der Waals surface area (Å²) in [7, 11) is -2.80. The first-order valence-electron chi connectivity index (χ1n) is 6.43. The maximum atomic E-state index is 11.5. The molecule has 0 aromatic carbocycles. The lowest BCUT2D eigenvalue weighted by atomic mass is 9.74. The molecule has 1 aliphatic heterocycles. The van der Waals surface area contributed by atoms with Gasteiger partial charge >= 0.3 is 0 Å². The van der Waals surface area contributed by atoms with Gasteiger partial charge in [0, 0.05) is 6.61 Å². The first-order chi connectivity index (χ1) is 7.62. The highest BCUT2D eigenvalue weighted by atomic mass is 32.2. The molecule has 1 N–H and O–H groups in total.